The van der Waals surface area contributed by atoms with Crippen LogP contribution in [0.15, 0.2) is 28.9 Å². The number of rotatable bonds is 5. The highest BCUT2D eigenvalue weighted by atomic mass is 79.9. The molecule has 0 saturated carbocycles. The number of methoxy groups -OCH3 is 2. The third-order valence-corrected chi connectivity index (χ3v) is 3.09. The first kappa shape index (κ1) is 14.6. The lowest BCUT2D eigenvalue weighted by Gasteiger charge is -2.11. The molecule has 1 N–H and O–H groups in total. The van der Waals surface area contributed by atoms with Crippen LogP contribution in [0.25, 0.3) is 0 Å². The Balaban J connectivity index is 2.31. The molecular weight excluding hydrogens is 322 g/mol. The molecule has 1 aromatic carbocycles. The standard InChI is InChI=1S/C14H16BrN3O2/c1-4-13-17-12(15)8-14(18-13)16-9-5-10(19-2)7-11(6-9)20-3/h5-8H,4H2,1-3H3,(H,16,17,18). The fraction of sp³-hybridized carbons (Fsp3) is 0.286. The molecule has 0 spiro atoms. The van der Waals surface area contributed by atoms with E-state index in [2.05, 4.69) is 31.2 Å². The van der Waals surface area contributed by atoms with Crippen LogP contribution in [0.4, 0.5) is 11.5 Å². The monoisotopic (exact) mass is 337 g/mol. The smallest absolute Gasteiger partial charge is 0.135 e. The first-order chi connectivity index (χ1) is 9.64. The highest BCUT2D eigenvalue weighted by molar-refractivity contribution is 9.10. The number of anilines is 2. The highest BCUT2D eigenvalue weighted by Gasteiger charge is 2.05. The van der Waals surface area contributed by atoms with Crippen LogP contribution < -0.4 is 14.8 Å². The number of halogens is 1. The molecule has 0 fully saturated rings. The molecule has 20 heavy (non-hydrogen) atoms. The fourth-order valence-corrected chi connectivity index (χ4v) is 2.14. The second-order valence-electron chi connectivity index (χ2n) is 4.07. The minimum Gasteiger partial charge on any atom is -0.497 e. The Morgan fingerprint density at radius 1 is 1.05 bits per heavy atom. The topological polar surface area (TPSA) is 56.3 Å². The first-order valence-electron chi connectivity index (χ1n) is 6.18. The third kappa shape index (κ3) is 3.60. The molecule has 0 aliphatic rings. The Hall–Kier alpha value is -1.82. The summed E-state index contributed by atoms with van der Waals surface area (Å²) in [5.74, 6) is 2.93. The van der Waals surface area contributed by atoms with E-state index in [1.165, 1.54) is 0 Å². The van der Waals surface area contributed by atoms with Gasteiger partial charge in [-0.05, 0) is 15.9 Å². The quantitative estimate of drug-likeness (QED) is 0.845. The molecular formula is C14H16BrN3O2. The molecule has 2 rings (SSSR count). The van der Waals surface area contributed by atoms with Gasteiger partial charge in [-0.2, -0.15) is 0 Å². The van der Waals surface area contributed by atoms with E-state index in [4.69, 9.17) is 9.47 Å². The van der Waals surface area contributed by atoms with Gasteiger partial charge in [-0.1, -0.05) is 6.92 Å². The Labute approximate surface area is 126 Å². The number of aryl methyl sites for hydroxylation is 1. The zero-order valence-electron chi connectivity index (χ0n) is 11.6. The highest BCUT2D eigenvalue weighted by Crippen LogP contribution is 2.28. The van der Waals surface area contributed by atoms with Crippen LogP contribution in [0.3, 0.4) is 0 Å². The van der Waals surface area contributed by atoms with Crippen molar-refractivity contribution in [3.05, 3.63) is 34.7 Å². The Morgan fingerprint density at radius 2 is 1.70 bits per heavy atom. The summed E-state index contributed by atoms with van der Waals surface area (Å²) >= 11 is 3.38. The van der Waals surface area contributed by atoms with Gasteiger partial charge in [0.1, 0.15) is 27.7 Å². The van der Waals surface area contributed by atoms with E-state index in [1.54, 1.807) is 14.2 Å². The summed E-state index contributed by atoms with van der Waals surface area (Å²) in [6.07, 6.45) is 0.773. The summed E-state index contributed by atoms with van der Waals surface area (Å²) in [6, 6.07) is 7.40. The van der Waals surface area contributed by atoms with Crippen molar-refractivity contribution in [3.63, 3.8) is 0 Å². The molecule has 2 aromatic rings. The van der Waals surface area contributed by atoms with Gasteiger partial charge in [-0.15, -0.1) is 0 Å². The normalized spacial score (nSPS) is 10.2. The summed E-state index contributed by atoms with van der Waals surface area (Å²) in [7, 11) is 3.24. The average Bonchev–Trinajstić information content (AvgIpc) is 2.46. The molecule has 5 nitrogen and oxygen atoms in total. The van der Waals surface area contributed by atoms with Crippen LogP contribution in [0, 0.1) is 0 Å². The molecule has 0 atom stereocenters. The van der Waals surface area contributed by atoms with Crippen molar-refractivity contribution in [1.82, 2.24) is 9.97 Å². The molecule has 0 unspecified atom stereocenters. The third-order valence-electron chi connectivity index (χ3n) is 2.68. The van der Waals surface area contributed by atoms with Crippen molar-refractivity contribution in [2.75, 3.05) is 19.5 Å². The largest absolute Gasteiger partial charge is 0.497 e. The van der Waals surface area contributed by atoms with Gasteiger partial charge >= 0.3 is 0 Å². The SMILES string of the molecule is CCc1nc(Br)cc(Nc2cc(OC)cc(OC)c2)n1. The van der Waals surface area contributed by atoms with Crippen LogP contribution in [0.1, 0.15) is 12.7 Å². The molecule has 0 bridgehead atoms. The summed E-state index contributed by atoms with van der Waals surface area (Å²) in [4.78, 5) is 8.70. The van der Waals surface area contributed by atoms with Gasteiger partial charge < -0.3 is 14.8 Å². The number of benzene rings is 1. The summed E-state index contributed by atoms with van der Waals surface area (Å²) < 4.78 is 11.2. The minimum absolute atomic E-state index is 0.718. The van der Waals surface area contributed by atoms with E-state index in [-0.39, 0.29) is 0 Å². The second kappa shape index (κ2) is 6.56. The predicted molar refractivity (Wildman–Crippen MR) is 81.9 cm³/mol. The molecule has 1 aromatic heterocycles. The van der Waals surface area contributed by atoms with Crippen molar-refractivity contribution >= 4 is 27.4 Å². The van der Waals surface area contributed by atoms with Crippen LogP contribution in [0.5, 0.6) is 11.5 Å². The van der Waals surface area contributed by atoms with Gasteiger partial charge in [-0.25, -0.2) is 9.97 Å². The molecule has 0 aliphatic heterocycles. The number of hydrogen-bond donors (Lipinski definition) is 1. The van der Waals surface area contributed by atoms with Gasteiger partial charge in [-0.3, -0.25) is 0 Å². The molecule has 0 radical (unpaired) electrons. The first-order valence-corrected chi connectivity index (χ1v) is 6.97. The maximum Gasteiger partial charge on any atom is 0.135 e. The average molecular weight is 338 g/mol. The van der Waals surface area contributed by atoms with Gasteiger partial charge in [0.05, 0.1) is 14.2 Å². The van der Waals surface area contributed by atoms with Gasteiger partial charge in [0.15, 0.2) is 0 Å². The van der Waals surface area contributed by atoms with Crippen LogP contribution in [0.2, 0.25) is 0 Å². The van der Waals surface area contributed by atoms with E-state index in [9.17, 15) is 0 Å². The summed E-state index contributed by atoms with van der Waals surface area (Å²) in [5, 5.41) is 3.23. The van der Waals surface area contributed by atoms with Crippen LogP contribution in [-0.4, -0.2) is 24.2 Å². The molecule has 0 saturated heterocycles. The minimum atomic E-state index is 0.718. The molecule has 6 heteroatoms. The number of hydrogen-bond acceptors (Lipinski definition) is 5. The zero-order chi connectivity index (χ0) is 14.5. The van der Waals surface area contributed by atoms with Crippen molar-refractivity contribution in [3.8, 4) is 11.5 Å². The molecule has 1 heterocycles. The van der Waals surface area contributed by atoms with Crippen molar-refractivity contribution in [2.24, 2.45) is 0 Å². The maximum atomic E-state index is 5.24. The lowest BCUT2D eigenvalue weighted by atomic mass is 10.2. The summed E-state index contributed by atoms with van der Waals surface area (Å²) in [6.45, 7) is 2.01. The van der Waals surface area contributed by atoms with E-state index < -0.39 is 0 Å². The Kier molecular flexibility index (Phi) is 4.79. The lowest BCUT2D eigenvalue weighted by molar-refractivity contribution is 0.395. The fourth-order valence-electron chi connectivity index (χ4n) is 1.71. The zero-order valence-corrected chi connectivity index (χ0v) is 13.2. The molecule has 0 aliphatic carbocycles. The van der Waals surface area contributed by atoms with E-state index in [1.807, 2.05) is 31.2 Å². The molecule has 106 valence electrons. The van der Waals surface area contributed by atoms with E-state index in [0.717, 1.165) is 39.9 Å². The number of nitrogens with zero attached hydrogens (tertiary/aromatic N) is 2. The van der Waals surface area contributed by atoms with Gasteiger partial charge in [0.25, 0.3) is 0 Å². The lowest BCUT2D eigenvalue weighted by Crippen LogP contribution is -2.00. The number of ether oxygens (including phenoxy) is 2. The van der Waals surface area contributed by atoms with Crippen molar-refractivity contribution < 1.29 is 9.47 Å². The van der Waals surface area contributed by atoms with Crippen molar-refractivity contribution in [2.45, 2.75) is 13.3 Å². The number of nitrogens with one attached hydrogen (secondary N) is 1. The van der Waals surface area contributed by atoms with Crippen LogP contribution in [-0.2, 0) is 6.42 Å². The van der Waals surface area contributed by atoms with E-state index >= 15 is 0 Å². The van der Waals surface area contributed by atoms with Gasteiger partial charge in [0, 0.05) is 36.4 Å². The van der Waals surface area contributed by atoms with Crippen molar-refractivity contribution in [1.29, 1.82) is 0 Å². The van der Waals surface area contributed by atoms with Crippen LogP contribution >= 0.6 is 15.9 Å². The summed E-state index contributed by atoms with van der Waals surface area (Å²) in [5.41, 5.74) is 0.842. The second-order valence-corrected chi connectivity index (χ2v) is 4.88. The van der Waals surface area contributed by atoms with E-state index in [0.29, 0.717) is 0 Å². The molecule has 0 amide bonds. The predicted octanol–water partition coefficient (Wildman–Crippen LogP) is 3.56. The Morgan fingerprint density at radius 3 is 2.25 bits per heavy atom. The Bertz CT molecular complexity index is 583. The number of aromatic nitrogens is 2. The van der Waals surface area contributed by atoms with Gasteiger partial charge in [0.2, 0.25) is 0 Å². The maximum absolute atomic E-state index is 5.24.